The van der Waals surface area contributed by atoms with Crippen molar-refractivity contribution in [2.24, 2.45) is 0 Å². The fourth-order valence-corrected chi connectivity index (χ4v) is 8.97. The highest BCUT2D eigenvalue weighted by molar-refractivity contribution is 7.22. The van der Waals surface area contributed by atoms with E-state index in [1.807, 2.05) is 36.4 Å². The Hall–Kier alpha value is -6.64. The van der Waals surface area contributed by atoms with Crippen LogP contribution in [0.2, 0.25) is 0 Å². The van der Waals surface area contributed by atoms with Crippen molar-refractivity contribution in [2.45, 2.75) is 0 Å². The van der Waals surface area contributed by atoms with Crippen molar-refractivity contribution >= 4 is 75.7 Å². The molecule has 236 valence electrons. The molecule has 0 saturated heterocycles. The molecule has 0 bridgehead atoms. The van der Waals surface area contributed by atoms with Crippen LogP contribution in [0.25, 0.3) is 91.0 Å². The molecule has 3 heterocycles. The molecule has 0 fully saturated rings. The molecule has 7 heteroatoms. The number of fused-ring (bicyclic) bond motifs is 6. The van der Waals surface area contributed by atoms with Crippen molar-refractivity contribution in [1.82, 2.24) is 14.5 Å². The fourth-order valence-electron chi connectivity index (χ4n) is 6.97. The molecule has 0 N–H and O–H groups in total. The normalized spacial score (nSPS) is 11.5. The average molecular weight is 686 g/mol. The van der Waals surface area contributed by atoms with Gasteiger partial charge in [0.25, 0.3) is 0 Å². The van der Waals surface area contributed by atoms with Gasteiger partial charge in [-0.1, -0.05) is 72.8 Å². The molecule has 51 heavy (non-hydrogen) atoms. The Kier molecular flexibility index (Phi) is 6.59. The van der Waals surface area contributed by atoms with Gasteiger partial charge in [0.2, 0.25) is 0 Å². The molecule has 10 aromatic rings. The Morgan fingerprint density at radius 1 is 0.471 bits per heavy atom. The minimum Gasteiger partial charge on any atom is -0.309 e. The molecule has 0 amide bonds. The highest BCUT2D eigenvalue weighted by atomic mass is 32.1. The van der Waals surface area contributed by atoms with Crippen LogP contribution in [0.15, 0.2) is 140 Å². The Balaban J connectivity index is 1.16. The van der Waals surface area contributed by atoms with Crippen molar-refractivity contribution in [1.29, 1.82) is 10.5 Å². The van der Waals surface area contributed by atoms with Crippen LogP contribution < -0.4 is 0 Å². The molecule has 0 saturated carbocycles. The van der Waals surface area contributed by atoms with Gasteiger partial charge >= 0.3 is 0 Å². The summed E-state index contributed by atoms with van der Waals surface area (Å²) < 4.78 is 4.33. The van der Waals surface area contributed by atoms with Crippen LogP contribution in [0, 0.1) is 22.7 Å². The monoisotopic (exact) mass is 685 g/mol. The summed E-state index contributed by atoms with van der Waals surface area (Å²) in [6, 6.07) is 52.8. The topological polar surface area (TPSA) is 78.3 Å². The molecule has 0 aliphatic rings. The number of hydrogen-bond acceptors (Lipinski definition) is 6. The minimum absolute atomic E-state index is 0.634. The number of thiazole rings is 2. The van der Waals surface area contributed by atoms with Gasteiger partial charge < -0.3 is 4.57 Å². The van der Waals surface area contributed by atoms with Gasteiger partial charge in [-0.15, -0.1) is 22.7 Å². The van der Waals surface area contributed by atoms with Crippen LogP contribution in [0.5, 0.6) is 0 Å². The van der Waals surface area contributed by atoms with Gasteiger partial charge in [-0.3, -0.25) is 0 Å². The maximum atomic E-state index is 9.44. The summed E-state index contributed by atoms with van der Waals surface area (Å²) in [5.41, 5.74) is 10.7. The zero-order chi connectivity index (χ0) is 34.1. The largest absolute Gasteiger partial charge is 0.309 e. The summed E-state index contributed by atoms with van der Waals surface area (Å²) in [7, 11) is 0. The molecule has 3 aromatic heterocycles. The van der Waals surface area contributed by atoms with Crippen LogP contribution in [-0.2, 0) is 0 Å². The lowest BCUT2D eigenvalue weighted by atomic mass is 10.0. The molecular formula is C44H23N5S2. The van der Waals surface area contributed by atoms with E-state index in [0.29, 0.717) is 11.1 Å². The van der Waals surface area contributed by atoms with E-state index in [0.717, 1.165) is 74.6 Å². The zero-order valence-corrected chi connectivity index (χ0v) is 28.5. The highest BCUT2D eigenvalue weighted by Gasteiger charge is 2.17. The van der Waals surface area contributed by atoms with Crippen LogP contribution in [0.1, 0.15) is 11.1 Å². The third-order valence-electron chi connectivity index (χ3n) is 9.50. The summed E-state index contributed by atoms with van der Waals surface area (Å²) in [6.45, 7) is 0. The van der Waals surface area contributed by atoms with Crippen molar-refractivity contribution < 1.29 is 0 Å². The maximum absolute atomic E-state index is 9.44. The van der Waals surface area contributed by atoms with E-state index >= 15 is 0 Å². The summed E-state index contributed by atoms with van der Waals surface area (Å²) in [5, 5.41) is 25.5. The van der Waals surface area contributed by atoms with Crippen LogP contribution in [0.3, 0.4) is 0 Å². The van der Waals surface area contributed by atoms with Gasteiger partial charge in [0.1, 0.15) is 10.0 Å². The lowest BCUT2D eigenvalue weighted by Crippen LogP contribution is -1.94. The quantitative estimate of drug-likeness (QED) is 0.185. The van der Waals surface area contributed by atoms with Gasteiger partial charge in [-0.05, 0) is 88.6 Å². The number of nitrogens with zero attached hydrogens (tertiary/aromatic N) is 5. The smallest absolute Gasteiger partial charge is 0.124 e. The third kappa shape index (κ3) is 4.87. The molecule has 10 rings (SSSR count). The van der Waals surface area contributed by atoms with E-state index in [9.17, 15) is 10.5 Å². The highest BCUT2D eigenvalue weighted by Crippen LogP contribution is 2.40. The van der Waals surface area contributed by atoms with Gasteiger partial charge in [-0.2, -0.15) is 10.5 Å². The predicted molar refractivity (Wildman–Crippen MR) is 210 cm³/mol. The number of benzene rings is 7. The Morgan fingerprint density at radius 2 is 1.00 bits per heavy atom. The van der Waals surface area contributed by atoms with E-state index in [1.165, 1.54) is 16.3 Å². The first kappa shape index (κ1) is 29.3. The average Bonchev–Trinajstić information content (AvgIpc) is 3.90. The first-order chi connectivity index (χ1) is 25.1. The second kappa shape index (κ2) is 11.5. The molecule has 5 nitrogen and oxygen atoms in total. The molecule has 0 atom stereocenters. The number of hydrogen-bond donors (Lipinski definition) is 0. The second-order valence-corrected chi connectivity index (χ2v) is 14.6. The summed E-state index contributed by atoms with van der Waals surface area (Å²) in [6.07, 6.45) is 0. The van der Waals surface area contributed by atoms with Crippen LogP contribution in [-0.4, -0.2) is 14.5 Å². The van der Waals surface area contributed by atoms with Gasteiger partial charge in [-0.25, -0.2) is 9.97 Å². The lowest BCUT2D eigenvalue weighted by Gasteiger charge is -2.11. The summed E-state index contributed by atoms with van der Waals surface area (Å²) >= 11 is 3.21. The van der Waals surface area contributed by atoms with Gasteiger partial charge in [0.15, 0.2) is 0 Å². The summed E-state index contributed by atoms with van der Waals surface area (Å²) in [4.78, 5) is 9.90. The van der Waals surface area contributed by atoms with E-state index in [2.05, 4.69) is 120 Å². The van der Waals surface area contributed by atoms with Crippen molar-refractivity contribution in [3.8, 4) is 50.1 Å². The second-order valence-electron chi connectivity index (χ2n) is 12.5. The van der Waals surface area contributed by atoms with E-state index in [1.54, 1.807) is 22.7 Å². The standard InChI is InChI=1S/C44H23N5S2/c45-24-26-5-17-37-41(19-26)50-43(47-37)32-11-15-35-36-16-12-33(44-48-38-18-6-27(25-46)20-42(38)51-44)23-40(36)49(39(35)22-32)34-13-9-29(10-14-34)31-8-7-28-3-1-2-4-30(28)21-31/h1-23H. The van der Waals surface area contributed by atoms with Crippen molar-refractivity contribution in [3.05, 3.63) is 151 Å². The lowest BCUT2D eigenvalue weighted by molar-refractivity contribution is 1.18. The first-order valence-corrected chi connectivity index (χ1v) is 18.1. The molecule has 0 aliphatic carbocycles. The maximum Gasteiger partial charge on any atom is 0.124 e. The Morgan fingerprint density at radius 3 is 1.57 bits per heavy atom. The molecule has 0 unspecified atom stereocenters. The Labute approximate surface area is 300 Å². The molecule has 0 radical (unpaired) electrons. The minimum atomic E-state index is 0.634. The third-order valence-corrected chi connectivity index (χ3v) is 11.6. The molecule has 0 aliphatic heterocycles. The molecular weight excluding hydrogens is 663 g/mol. The van der Waals surface area contributed by atoms with Crippen LogP contribution >= 0.6 is 22.7 Å². The van der Waals surface area contributed by atoms with E-state index in [-0.39, 0.29) is 0 Å². The van der Waals surface area contributed by atoms with Crippen molar-refractivity contribution in [3.63, 3.8) is 0 Å². The molecule has 0 spiro atoms. The first-order valence-electron chi connectivity index (χ1n) is 16.4. The van der Waals surface area contributed by atoms with Gasteiger partial charge in [0, 0.05) is 27.6 Å². The predicted octanol–water partition coefficient (Wildman–Crippen LogP) is 11.9. The van der Waals surface area contributed by atoms with Crippen molar-refractivity contribution in [2.75, 3.05) is 0 Å². The van der Waals surface area contributed by atoms with E-state index in [4.69, 9.17) is 9.97 Å². The van der Waals surface area contributed by atoms with E-state index < -0.39 is 0 Å². The Bertz CT molecular complexity index is 2960. The number of aromatic nitrogens is 3. The fraction of sp³-hybridized carbons (Fsp3) is 0. The number of rotatable bonds is 4. The van der Waals surface area contributed by atoms with Crippen LogP contribution in [0.4, 0.5) is 0 Å². The summed E-state index contributed by atoms with van der Waals surface area (Å²) in [5.74, 6) is 0. The molecule has 7 aromatic carbocycles. The number of nitriles is 2. The zero-order valence-electron chi connectivity index (χ0n) is 26.8. The SMILES string of the molecule is N#Cc1ccc2nc(-c3ccc4c5ccc(-c6nc7ccc(C#N)cc7s6)cc5n(-c5ccc(-c6ccc7ccccc7c6)cc5)c4c3)sc2c1. The van der Waals surface area contributed by atoms with Gasteiger partial charge in [0.05, 0.1) is 54.7 Å².